The highest BCUT2D eigenvalue weighted by Crippen LogP contribution is 2.14. The van der Waals surface area contributed by atoms with Crippen molar-refractivity contribution in [2.75, 3.05) is 19.0 Å². The van der Waals surface area contributed by atoms with Crippen molar-refractivity contribution in [3.05, 3.63) is 29.8 Å². The fourth-order valence-corrected chi connectivity index (χ4v) is 0.911. The van der Waals surface area contributed by atoms with Gasteiger partial charge in [0.05, 0.1) is 5.69 Å². The first-order valence-electron chi connectivity index (χ1n) is 3.87. The molecule has 0 heterocycles. The Bertz CT molecular complexity index is 342. The van der Waals surface area contributed by atoms with Crippen LogP contribution in [0.1, 0.15) is 0 Å². The minimum absolute atomic E-state index is 0.188. The number of amides is 1. The van der Waals surface area contributed by atoms with Gasteiger partial charge >= 0.3 is 0 Å². The minimum atomic E-state index is -0.684. The zero-order chi connectivity index (χ0) is 10.6. The second-order valence-electron chi connectivity index (χ2n) is 2.61. The molecule has 3 nitrogen and oxygen atoms in total. The number of benzene rings is 1. The van der Waals surface area contributed by atoms with E-state index in [0.29, 0.717) is 0 Å². The molecule has 5 heteroatoms. The molecule has 0 radical (unpaired) electrons. The summed E-state index contributed by atoms with van der Waals surface area (Å²) in [5.41, 5.74) is -0.188. The summed E-state index contributed by atoms with van der Waals surface area (Å²) >= 11 is 0. The fourth-order valence-electron chi connectivity index (χ4n) is 0.911. The molecule has 0 saturated heterocycles. The van der Waals surface area contributed by atoms with Crippen molar-refractivity contribution >= 4 is 11.6 Å². The molecule has 0 aromatic heterocycles. The number of carbonyl (C=O) groups is 1. The summed E-state index contributed by atoms with van der Waals surface area (Å²) in [6.45, 7) is -0.198. The van der Waals surface area contributed by atoms with Gasteiger partial charge < -0.3 is 10.1 Å². The van der Waals surface area contributed by atoms with Crippen LogP contribution in [-0.2, 0) is 9.53 Å². The van der Waals surface area contributed by atoms with E-state index >= 15 is 0 Å². The second kappa shape index (κ2) is 4.66. The van der Waals surface area contributed by atoms with Gasteiger partial charge in [0, 0.05) is 13.2 Å². The topological polar surface area (TPSA) is 38.3 Å². The molecule has 1 aromatic rings. The zero-order valence-electron chi connectivity index (χ0n) is 7.51. The van der Waals surface area contributed by atoms with Crippen molar-refractivity contribution in [2.24, 2.45) is 0 Å². The van der Waals surface area contributed by atoms with Crippen LogP contribution in [0.25, 0.3) is 0 Å². The van der Waals surface area contributed by atoms with Crippen LogP contribution < -0.4 is 5.32 Å². The maximum atomic E-state index is 12.9. The molecule has 0 atom stereocenters. The highest BCUT2D eigenvalue weighted by Gasteiger charge is 2.07. The SMILES string of the molecule is COCC(=O)Nc1cc(F)ccc1F. The van der Waals surface area contributed by atoms with Crippen molar-refractivity contribution in [3.8, 4) is 0 Å². The van der Waals surface area contributed by atoms with Crippen LogP contribution in [-0.4, -0.2) is 19.6 Å². The van der Waals surface area contributed by atoms with Crippen molar-refractivity contribution in [1.82, 2.24) is 0 Å². The van der Waals surface area contributed by atoms with E-state index in [4.69, 9.17) is 0 Å². The average Bonchev–Trinajstić information content (AvgIpc) is 2.12. The lowest BCUT2D eigenvalue weighted by atomic mass is 10.3. The van der Waals surface area contributed by atoms with Gasteiger partial charge in [-0.3, -0.25) is 4.79 Å². The highest BCUT2D eigenvalue weighted by atomic mass is 19.1. The zero-order valence-corrected chi connectivity index (χ0v) is 7.51. The molecular weight excluding hydrogens is 192 g/mol. The molecule has 1 N–H and O–H groups in total. The Kier molecular flexibility index (Phi) is 3.53. The molecule has 0 fully saturated rings. The van der Waals surface area contributed by atoms with Gasteiger partial charge in [-0.1, -0.05) is 0 Å². The second-order valence-corrected chi connectivity index (χ2v) is 2.61. The normalized spacial score (nSPS) is 9.93. The first-order chi connectivity index (χ1) is 6.63. The third-order valence-electron chi connectivity index (χ3n) is 1.48. The molecule has 0 saturated carbocycles. The fraction of sp³-hybridized carbons (Fsp3) is 0.222. The maximum absolute atomic E-state index is 12.9. The number of ether oxygens (including phenoxy) is 1. The van der Waals surface area contributed by atoms with Crippen LogP contribution in [0.5, 0.6) is 0 Å². The molecule has 0 aliphatic rings. The largest absolute Gasteiger partial charge is 0.375 e. The van der Waals surface area contributed by atoms with Crippen LogP contribution in [0.3, 0.4) is 0 Å². The quantitative estimate of drug-likeness (QED) is 0.805. The van der Waals surface area contributed by atoms with Crippen molar-refractivity contribution in [2.45, 2.75) is 0 Å². The number of nitrogens with one attached hydrogen (secondary N) is 1. The van der Waals surface area contributed by atoms with Crippen molar-refractivity contribution in [3.63, 3.8) is 0 Å². The summed E-state index contributed by atoms with van der Waals surface area (Å²) in [5, 5.41) is 2.17. The molecule has 0 spiro atoms. The van der Waals surface area contributed by atoms with Crippen LogP contribution in [0, 0.1) is 11.6 Å². The Labute approximate surface area is 79.7 Å². The van der Waals surface area contributed by atoms with E-state index in [1.54, 1.807) is 0 Å². The van der Waals surface area contributed by atoms with E-state index in [2.05, 4.69) is 10.1 Å². The molecule has 1 amide bonds. The third-order valence-corrected chi connectivity index (χ3v) is 1.48. The summed E-state index contributed by atoms with van der Waals surface area (Å²) in [7, 11) is 1.33. The number of hydrogen-bond donors (Lipinski definition) is 1. The Morgan fingerprint density at radius 3 is 2.86 bits per heavy atom. The van der Waals surface area contributed by atoms with E-state index in [-0.39, 0.29) is 12.3 Å². The summed E-state index contributed by atoms with van der Waals surface area (Å²) in [4.78, 5) is 11.0. The lowest BCUT2D eigenvalue weighted by Gasteiger charge is -2.05. The molecule has 1 aromatic carbocycles. The first kappa shape index (κ1) is 10.6. The molecule has 0 aliphatic carbocycles. The van der Waals surface area contributed by atoms with Gasteiger partial charge in [0.1, 0.15) is 18.2 Å². The van der Waals surface area contributed by atoms with E-state index < -0.39 is 17.5 Å². The van der Waals surface area contributed by atoms with Gasteiger partial charge in [-0.05, 0) is 12.1 Å². The summed E-state index contributed by atoms with van der Waals surface area (Å²) in [5.74, 6) is -1.83. The standard InChI is InChI=1S/C9H9F2NO2/c1-14-5-9(13)12-8-4-6(10)2-3-7(8)11/h2-4H,5H2,1H3,(H,12,13). The average molecular weight is 201 g/mol. The van der Waals surface area contributed by atoms with E-state index in [1.807, 2.05) is 0 Å². The number of carbonyl (C=O) groups excluding carboxylic acids is 1. The minimum Gasteiger partial charge on any atom is -0.375 e. The Hall–Kier alpha value is -1.49. The lowest BCUT2D eigenvalue weighted by Crippen LogP contribution is -2.18. The first-order valence-corrected chi connectivity index (χ1v) is 3.87. The Morgan fingerprint density at radius 1 is 1.50 bits per heavy atom. The number of methoxy groups -OCH3 is 1. The molecule has 0 unspecified atom stereocenters. The van der Waals surface area contributed by atoms with Gasteiger partial charge in [-0.2, -0.15) is 0 Å². The number of halogens is 2. The van der Waals surface area contributed by atoms with Gasteiger partial charge in [-0.25, -0.2) is 8.78 Å². The van der Waals surface area contributed by atoms with E-state index in [9.17, 15) is 13.6 Å². The summed E-state index contributed by atoms with van der Waals surface area (Å²) < 4.78 is 30.1. The Balaban J connectivity index is 2.75. The van der Waals surface area contributed by atoms with Crippen LogP contribution >= 0.6 is 0 Å². The van der Waals surface area contributed by atoms with Gasteiger partial charge in [0.2, 0.25) is 5.91 Å². The monoisotopic (exact) mass is 201 g/mol. The van der Waals surface area contributed by atoms with Crippen LogP contribution in [0.2, 0.25) is 0 Å². The molecule has 0 aliphatic heterocycles. The number of rotatable bonds is 3. The summed E-state index contributed by atoms with van der Waals surface area (Å²) in [6.07, 6.45) is 0. The summed E-state index contributed by atoms with van der Waals surface area (Å²) in [6, 6.07) is 2.82. The molecule has 76 valence electrons. The maximum Gasteiger partial charge on any atom is 0.250 e. The molecule has 1 rings (SSSR count). The van der Waals surface area contributed by atoms with Gasteiger partial charge in [0.25, 0.3) is 0 Å². The molecule has 0 bridgehead atoms. The van der Waals surface area contributed by atoms with Crippen molar-refractivity contribution in [1.29, 1.82) is 0 Å². The van der Waals surface area contributed by atoms with E-state index in [0.717, 1.165) is 18.2 Å². The van der Waals surface area contributed by atoms with Crippen molar-refractivity contribution < 1.29 is 18.3 Å². The molecule has 14 heavy (non-hydrogen) atoms. The molecular formula is C9H9F2NO2. The predicted molar refractivity (Wildman–Crippen MR) is 46.9 cm³/mol. The van der Waals surface area contributed by atoms with E-state index in [1.165, 1.54) is 7.11 Å². The van der Waals surface area contributed by atoms with Crippen LogP contribution in [0.15, 0.2) is 18.2 Å². The predicted octanol–water partition coefficient (Wildman–Crippen LogP) is 1.55. The van der Waals surface area contributed by atoms with Gasteiger partial charge in [0.15, 0.2) is 0 Å². The third kappa shape index (κ3) is 2.77. The van der Waals surface area contributed by atoms with Gasteiger partial charge in [-0.15, -0.1) is 0 Å². The smallest absolute Gasteiger partial charge is 0.250 e. The highest BCUT2D eigenvalue weighted by molar-refractivity contribution is 5.91. The number of hydrogen-bond acceptors (Lipinski definition) is 2. The number of anilines is 1. The lowest BCUT2D eigenvalue weighted by molar-refractivity contribution is -0.119. The van der Waals surface area contributed by atoms with Crippen LogP contribution in [0.4, 0.5) is 14.5 Å². The Morgan fingerprint density at radius 2 is 2.21 bits per heavy atom.